The van der Waals surface area contributed by atoms with Gasteiger partial charge in [0.15, 0.2) is 0 Å². The van der Waals surface area contributed by atoms with E-state index in [0.717, 1.165) is 18.1 Å². The molecule has 0 aliphatic heterocycles. The van der Waals surface area contributed by atoms with Crippen molar-refractivity contribution in [2.75, 3.05) is 11.4 Å². The van der Waals surface area contributed by atoms with E-state index in [1.165, 1.54) is 16.2 Å². The van der Waals surface area contributed by atoms with Gasteiger partial charge in [0.1, 0.15) is 4.88 Å². The van der Waals surface area contributed by atoms with Gasteiger partial charge in [-0.3, -0.25) is 0 Å². The van der Waals surface area contributed by atoms with Crippen molar-refractivity contribution in [2.45, 2.75) is 13.5 Å². The highest BCUT2D eigenvalue weighted by Crippen LogP contribution is 2.27. The predicted molar refractivity (Wildman–Crippen MR) is 72.3 cm³/mol. The third kappa shape index (κ3) is 2.87. The SMILES string of the molecule is CCN(Cc1cccs1)c1ccc(C(=O)O)s1. The number of carboxylic acid groups (broad SMARTS) is 1. The summed E-state index contributed by atoms with van der Waals surface area (Å²) in [4.78, 5) is 14.7. The van der Waals surface area contributed by atoms with Gasteiger partial charge in [-0.25, -0.2) is 4.79 Å². The van der Waals surface area contributed by atoms with Gasteiger partial charge in [0.25, 0.3) is 0 Å². The standard InChI is InChI=1S/C12H13NO2S2/c1-2-13(8-9-4-3-7-16-9)11-6-5-10(17-11)12(14)15/h3-7H,2,8H2,1H3,(H,14,15). The summed E-state index contributed by atoms with van der Waals surface area (Å²) < 4.78 is 0. The van der Waals surface area contributed by atoms with E-state index in [9.17, 15) is 4.79 Å². The van der Waals surface area contributed by atoms with Crippen molar-refractivity contribution in [3.05, 3.63) is 39.4 Å². The number of aromatic carboxylic acids is 1. The van der Waals surface area contributed by atoms with Crippen LogP contribution in [-0.4, -0.2) is 17.6 Å². The summed E-state index contributed by atoms with van der Waals surface area (Å²) in [6.45, 7) is 3.79. The van der Waals surface area contributed by atoms with Crippen molar-refractivity contribution in [2.24, 2.45) is 0 Å². The van der Waals surface area contributed by atoms with Gasteiger partial charge in [0.05, 0.1) is 11.5 Å². The van der Waals surface area contributed by atoms with E-state index in [1.54, 1.807) is 17.4 Å². The minimum Gasteiger partial charge on any atom is -0.477 e. The molecule has 2 heterocycles. The summed E-state index contributed by atoms with van der Waals surface area (Å²) in [5.41, 5.74) is 0. The van der Waals surface area contributed by atoms with Crippen LogP contribution in [0.25, 0.3) is 0 Å². The van der Waals surface area contributed by atoms with Crippen LogP contribution in [0, 0.1) is 0 Å². The van der Waals surface area contributed by atoms with Gasteiger partial charge in [-0.2, -0.15) is 0 Å². The zero-order chi connectivity index (χ0) is 12.3. The van der Waals surface area contributed by atoms with Crippen LogP contribution >= 0.6 is 22.7 Å². The van der Waals surface area contributed by atoms with Gasteiger partial charge >= 0.3 is 5.97 Å². The predicted octanol–water partition coefficient (Wildman–Crippen LogP) is 3.53. The topological polar surface area (TPSA) is 40.5 Å². The average molecular weight is 267 g/mol. The molecule has 2 aromatic heterocycles. The monoisotopic (exact) mass is 267 g/mol. The number of hydrogen-bond acceptors (Lipinski definition) is 4. The maximum Gasteiger partial charge on any atom is 0.345 e. The van der Waals surface area contributed by atoms with Gasteiger partial charge in [0, 0.05) is 11.4 Å². The Morgan fingerprint density at radius 2 is 2.24 bits per heavy atom. The molecule has 0 aliphatic rings. The molecule has 3 nitrogen and oxygen atoms in total. The number of rotatable bonds is 5. The normalized spacial score (nSPS) is 10.4. The van der Waals surface area contributed by atoms with Crippen LogP contribution in [0.3, 0.4) is 0 Å². The van der Waals surface area contributed by atoms with Gasteiger partial charge in [-0.05, 0) is 30.5 Å². The summed E-state index contributed by atoms with van der Waals surface area (Å²) in [5, 5.41) is 12.0. The molecule has 0 saturated carbocycles. The number of nitrogens with zero attached hydrogens (tertiary/aromatic N) is 1. The van der Waals surface area contributed by atoms with Crippen LogP contribution in [0.15, 0.2) is 29.6 Å². The number of carbonyl (C=O) groups is 1. The molecule has 0 spiro atoms. The molecule has 0 atom stereocenters. The molecule has 1 N–H and O–H groups in total. The highest BCUT2D eigenvalue weighted by molar-refractivity contribution is 7.17. The van der Waals surface area contributed by atoms with Crippen LogP contribution in [0.5, 0.6) is 0 Å². The lowest BCUT2D eigenvalue weighted by atomic mass is 10.4. The first kappa shape index (κ1) is 12.1. The van der Waals surface area contributed by atoms with Gasteiger partial charge in [-0.15, -0.1) is 22.7 Å². The minimum absolute atomic E-state index is 0.393. The number of thiophene rings is 2. The molecule has 0 aliphatic carbocycles. The number of anilines is 1. The Labute approximate surface area is 108 Å². The molecule has 17 heavy (non-hydrogen) atoms. The second-order valence-electron chi connectivity index (χ2n) is 3.54. The van der Waals surface area contributed by atoms with Gasteiger partial charge in [-0.1, -0.05) is 6.07 Å². The molecule has 0 radical (unpaired) electrons. The maximum absolute atomic E-state index is 10.8. The molecule has 0 fully saturated rings. The Balaban J connectivity index is 2.14. The van der Waals surface area contributed by atoms with Crippen LogP contribution in [0.2, 0.25) is 0 Å². The van der Waals surface area contributed by atoms with Crippen molar-refractivity contribution in [1.82, 2.24) is 0 Å². The molecule has 0 aromatic carbocycles. The first-order valence-corrected chi connectivity index (χ1v) is 7.00. The third-order valence-corrected chi connectivity index (χ3v) is 4.42. The molecular weight excluding hydrogens is 254 g/mol. The molecule has 0 bridgehead atoms. The second kappa shape index (κ2) is 5.33. The Hall–Kier alpha value is -1.33. The summed E-state index contributed by atoms with van der Waals surface area (Å²) in [6, 6.07) is 7.68. The molecule has 2 aromatic rings. The van der Waals surface area contributed by atoms with Crippen LogP contribution < -0.4 is 4.90 Å². The second-order valence-corrected chi connectivity index (χ2v) is 5.63. The van der Waals surface area contributed by atoms with Gasteiger partial charge < -0.3 is 10.0 Å². The number of carboxylic acids is 1. The van der Waals surface area contributed by atoms with E-state index in [4.69, 9.17) is 5.11 Å². The van der Waals surface area contributed by atoms with E-state index in [0.29, 0.717) is 4.88 Å². The maximum atomic E-state index is 10.8. The molecule has 5 heteroatoms. The van der Waals surface area contributed by atoms with E-state index in [1.807, 2.05) is 12.1 Å². The lowest BCUT2D eigenvalue weighted by Gasteiger charge is -2.19. The van der Waals surface area contributed by atoms with Crippen LogP contribution in [-0.2, 0) is 6.54 Å². The van der Waals surface area contributed by atoms with Crippen LogP contribution in [0.4, 0.5) is 5.00 Å². The van der Waals surface area contributed by atoms with E-state index >= 15 is 0 Å². The highest BCUT2D eigenvalue weighted by atomic mass is 32.1. The largest absolute Gasteiger partial charge is 0.477 e. The van der Waals surface area contributed by atoms with Crippen molar-refractivity contribution in [3.8, 4) is 0 Å². The lowest BCUT2D eigenvalue weighted by molar-refractivity contribution is 0.0702. The summed E-state index contributed by atoms with van der Waals surface area (Å²) >= 11 is 3.05. The fraction of sp³-hybridized carbons (Fsp3) is 0.250. The van der Waals surface area contributed by atoms with Crippen molar-refractivity contribution < 1.29 is 9.90 Å². The molecule has 90 valence electrons. The minimum atomic E-state index is -0.853. The fourth-order valence-electron chi connectivity index (χ4n) is 1.55. The van der Waals surface area contributed by atoms with Gasteiger partial charge in [0.2, 0.25) is 0 Å². The fourth-order valence-corrected chi connectivity index (χ4v) is 3.18. The molecule has 0 amide bonds. The zero-order valence-corrected chi connectivity index (χ0v) is 11.1. The molecule has 0 unspecified atom stereocenters. The summed E-state index contributed by atoms with van der Waals surface area (Å²) in [5.74, 6) is -0.853. The van der Waals surface area contributed by atoms with Crippen molar-refractivity contribution in [3.63, 3.8) is 0 Å². The van der Waals surface area contributed by atoms with E-state index in [-0.39, 0.29) is 0 Å². The number of hydrogen-bond donors (Lipinski definition) is 1. The molecule has 2 rings (SSSR count). The molecular formula is C12H13NO2S2. The third-order valence-electron chi connectivity index (χ3n) is 2.42. The Morgan fingerprint density at radius 3 is 2.76 bits per heavy atom. The Morgan fingerprint density at radius 1 is 1.41 bits per heavy atom. The quantitative estimate of drug-likeness (QED) is 0.901. The first-order chi connectivity index (χ1) is 8.20. The average Bonchev–Trinajstić information content (AvgIpc) is 2.96. The molecule has 0 saturated heterocycles. The first-order valence-electron chi connectivity index (χ1n) is 5.31. The van der Waals surface area contributed by atoms with Crippen molar-refractivity contribution in [1.29, 1.82) is 0 Å². The van der Waals surface area contributed by atoms with Crippen molar-refractivity contribution >= 4 is 33.6 Å². The van der Waals surface area contributed by atoms with E-state index in [2.05, 4.69) is 23.3 Å². The summed E-state index contributed by atoms with van der Waals surface area (Å²) in [6.07, 6.45) is 0. The summed E-state index contributed by atoms with van der Waals surface area (Å²) in [7, 11) is 0. The van der Waals surface area contributed by atoms with Crippen LogP contribution in [0.1, 0.15) is 21.5 Å². The van der Waals surface area contributed by atoms with E-state index < -0.39 is 5.97 Å². The Bertz CT molecular complexity index is 490. The lowest BCUT2D eigenvalue weighted by Crippen LogP contribution is -2.20. The zero-order valence-electron chi connectivity index (χ0n) is 9.42. The Kier molecular flexibility index (Phi) is 3.81. The smallest absolute Gasteiger partial charge is 0.345 e. The highest BCUT2D eigenvalue weighted by Gasteiger charge is 2.12.